The Morgan fingerprint density at radius 3 is 3.00 bits per heavy atom. The van der Waals surface area contributed by atoms with Crippen molar-refractivity contribution in [3.8, 4) is 0 Å². The lowest BCUT2D eigenvalue weighted by molar-refractivity contribution is 0.497. The molecule has 14 heavy (non-hydrogen) atoms. The standard InChI is InChI=1S/C11H13FN2/c1-14(8-6-12)10-4-2-3-9-5-7-13-11(9)10/h2-5,7,13H,6,8H2,1H3. The first kappa shape index (κ1) is 9.06. The van der Waals surface area contributed by atoms with Gasteiger partial charge >= 0.3 is 0 Å². The lowest BCUT2D eigenvalue weighted by Gasteiger charge is -2.18. The lowest BCUT2D eigenvalue weighted by Crippen LogP contribution is -2.19. The Balaban J connectivity index is 2.45. The molecule has 3 heteroatoms. The van der Waals surface area contributed by atoms with Gasteiger partial charge in [0.1, 0.15) is 6.67 Å². The summed E-state index contributed by atoms with van der Waals surface area (Å²) in [6.45, 7) is 0.103. The Hall–Kier alpha value is -1.51. The summed E-state index contributed by atoms with van der Waals surface area (Å²) in [4.78, 5) is 5.08. The molecule has 2 aromatic rings. The molecule has 2 nitrogen and oxygen atoms in total. The highest BCUT2D eigenvalue weighted by molar-refractivity contribution is 5.91. The van der Waals surface area contributed by atoms with E-state index < -0.39 is 0 Å². The topological polar surface area (TPSA) is 19.0 Å². The molecule has 0 saturated carbocycles. The van der Waals surface area contributed by atoms with Crippen molar-refractivity contribution in [1.29, 1.82) is 0 Å². The monoisotopic (exact) mass is 192 g/mol. The summed E-state index contributed by atoms with van der Waals surface area (Å²) in [7, 11) is 1.90. The van der Waals surface area contributed by atoms with Gasteiger partial charge in [-0.2, -0.15) is 0 Å². The van der Waals surface area contributed by atoms with Crippen LogP contribution in [-0.4, -0.2) is 25.3 Å². The molecule has 0 bridgehead atoms. The van der Waals surface area contributed by atoms with Gasteiger partial charge in [0.05, 0.1) is 11.2 Å². The van der Waals surface area contributed by atoms with Crippen LogP contribution in [0, 0.1) is 0 Å². The second-order valence-corrected chi connectivity index (χ2v) is 3.33. The van der Waals surface area contributed by atoms with Crippen molar-refractivity contribution >= 4 is 16.6 Å². The number of aromatic nitrogens is 1. The molecule has 0 atom stereocenters. The average Bonchev–Trinajstić information content (AvgIpc) is 2.65. The summed E-state index contributed by atoms with van der Waals surface area (Å²) < 4.78 is 12.2. The number of aromatic amines is 1. The highest BCUT2D eigenvalue weighted by atomic mass is 19.1. The zero-order valence-electron chi connectivity index (χ0n) is 8.13. The lowest BCUT2D eigenvalue weighted by atomic mass is 10.2. The molecular weight excluding hydrogens is 179 g/mol. The van der Waals surface area contributed by atoms with E-state index in [0.717, 1.165) is 16.6 Å². The first-order valence-electron chi connectivity index (χ1n) is 4.66. The predicted molar refractivity (Wildman–Crippen MR) is 57.5 cm³/mol. The van der Waals surface area contributed by atoms with Crippen molar-refractivity contribution in [2.75, 3.05) is 25.2 Å². The van der Waals surface area contributed by atoms with Crippen molar-refractivity contribution < 1.29 is 4.39 Å². The highest BCUT2D eigenvalue weighted by Crippen LogP contribution is 2.24. The number of benzene rings is 1. The van der Waals surface area contributed by atoms with E-state index in [9.17, 15) is 4.39 Å². The van der Waals surface area contributed by atoms with Gasteiger partial charge in [-0.3, -0.25) is 0 Å². The van der Waals surface area contributed by atoms with E-state index in [1.807, 2.05) is 42.4 Å². The third kappa shape index (κ3) is 1.45. The zero-order valence-corrected chi connectivity index (χ0v) is 8.13. The fraction of sp³-hybridized carbons (Fsp3) is 0.273. The maximum Gasteiger partial charge on any atom is 0.107 e. The number of nitrogens with zero attached hydrogens (tertiary/aromatic N) is 1. The molecule has 0 saturated heterocycles. The van der Waals surface area contributed by atoms with E-state index in [0.29, 0.717) is 6.54 Å². The second kappa shape index (κ2) is 3.70. The molecular formula is C11H13FN2. The summed E-state index contributed by atoms with van der Waals surface area (Å²) in [6.07, 6.45) is 1.90. The number of alkyl halides is 1. The van der Waals surface area contributed by atoms with Gasteiger partial charge in [0.15, 0.2) is 0 Å². The van der Waals surface area contributed by atoms with Crippen molar-refractivity contribution in [3.63, 3.8) is 0 Å². The van der Waals surface area contributed by atoms with E-state index in [1.165, 1.54) is 0 Å². The number of fused-ring (bicyclic) bond motifs is 1. The molecule has 0 amide bonds. The number of anilines is 1. The minimum absolute atomic E-state index is 0.326. The summed E-state index contributed by atoms with van der Waals surface area (Å²) >= 11 is 0. The quantitative estimate of drug-likeness (QED) is 0.791. The molecule has 1 aromatic carbocycles. The fourth-order valence-electron chi connectivity index (χ4n) is 1.63. The Labute approximate surface area is 82.3 Å². The summed E-state index contributed by atoms with van der Waals surface area (Å²) in [5.41, 5.74) is 2.12. The number of rotatable bonds is 3. The highest BCUT2D eigenvalue weighted by Gasteiger charge is 2.05. The summed E-state index contributed by atoms with van der Waals surface area (Å²) in [5.74, 6) is 0. The van der Waals surface area contributed by atoms with Gasteiger partial charge in [0, 0.05) is 25.2 Å². The maximum atomic E-state index is 12.2. The van der Waals surface area contributed by atoms with E-state index in [2.05, 4.69) is 4.98 Å². The maximum absolute atomic E-state index is 12.2. The number of nitrogens with one attached hydrogen (secondary N) is 1. The SMILES string of the molecule is CN(CCF)c1cccc2cc[nH]c12. The molecule has 0 fully saturated rings. The summed E-state index contributed by atoms with van der Waals surface area (Å²) in [6, 6.07) is 8.04. The van der Waals surface area contributed by atoms with E-state index >= 15 is 0 Å². The molecule has 0 aliphatic heterocycles. The fourth-order valence-corrected chi connectivity index (χ4v) is 1.63. The van der Waals surface area contributed by atoms with Crippen molar-refractivity contribution in [2.45, 2.75) is 0 Å². The van der Waals surface area contributed by atoms with Crippen LogP contribution in [0.1, 0.15) is 0 Å². The number of halogens is 1. The predicted octanol–water partition coefficient (Wildman–Crippen LogP) is 2.57. The van der Waals surface area contributed by atoms with Gasteiger partial charge < -0.3 is 9.88 Å². The third-order valence-corrected chi connectivity index (χ3v) is 2.40. The second-order valence-electron chi connectivity index (χ2n) is 3.33. The van der Waals surface area contributed by atoms with Crippen LogP contribution in [0.4, 0.5) is 10.1 Å². The van der Waals surface area contributed by atoms with Crippen LogP contribution in [0.3, 0.4) is 0 Å². The molecule has 0 spiro atoms. The molecule has 0 aliphatic carbocycles. The van der Waals surface area contributed by atoms with Gasteiger partial charge in [-0.1, -0.05) is 12.1 Å². The molecule has 74 valence electrons. The average molecular weight is 192 g/mol. The number of hydrogen-bond donors (Lipinski definition) is 1. The Bertz CT molecular complexity index is 422. The third-order valence-electron chi connectivity index (χ3n) is 2.40. The molecule has 0 radical (unpaired) electrons. The number of hydrogen-bond acceptors (Lipinski definition) is 1. The largest absolute Gasteiger partial charge is 0.370 e. The Kier molecular flexibility index (Phi) is 2.39. The van der Waals surface area contributed by atoms with Crippen LogP contribution in [0.25, 0.3) is 10.9 Å². The molecule has 1 N–H and O–H groups in total. The molecule has 1 heterocycles. The Morgan fingerprint density at radius 1 is 1.36 bits per heavy atom. The van der Waals surface area contributed by atoms with Crippen LogP contribution in [0.2, 0.25) is 0 Å². The smallest absolute Gasteiger partial charge is 0.107 e. The van der Waals surface area contributed by atoms with Crippen LogP contribution in [0.5, 0.6) is 0 Å². The zero-order chi connectivity index (χ0) is 9.97. The number of H-pyrrole nitrogens is 1. The molecule has 2 rings (SSSR count). The van der Waals surface area contributed by atoms with Gasteiger partial charge in [-0.15, -0.1) is 0 Å². The van der Waals surface area contributed by atoms with Gasteiger partial charge in [-0.05, 0) is 12.1 Å². The van der Waals surface area contributed by atoms with Crippen LogP contribution in [0.15, 0.2) is 30.5 Å². The minimum atomic E-state index is -0.326. The minimum Gasteiger partial charge on any atom is -0.370 e. The molecule has 0 aliphatic rings. The van der Waals surface area contributed by atoms with Gasteiger partial charge in [0.2, 0.25) is 0 Å². The Morgan fingerprint density at radius 2 is 2.21 bits per heavy atom. The van der Waals surface area contributed by atoms with E-state index in [1.54, 1.807) is 0 Å². The van der Waals surface area contributed by atoms with E-state index in [4.69, 9.17) is 0 Å². The van der Waals surface area contributed by atoms with Crippen LogP contribution >= 0.6 is 0 Å². The first-order valence-corrected chi connectivity index (χ1v) is 4.66. The van der Waals surface area contributed by atoms with Crippen LogP contribution in [-0.2, 0) is 0 Å². The molecule has 1 aromatic heterocycles. The summed E-state index contributed by atoms with van der Waals surface area (Å²) in [5, 5.41) is 1.16. The number of para-hydroxylation sites is 1. The van der Waals surface area contributed by atoms with Gasteiger partial charge in [0.25, 0.3) is 0 Å². The van der Waals surface area contributed by atoms with Crippen molar-refractivity contribution in [3.05, 3.63) is 30.5 Å². The van der Waals surface area contributed by atoms with Gasteiger partial charge in [-0.25, -0.2) is 4.39 Å². The van der Waals surface area contributed by atoms with Crippen LogP contribution < -0.4 is 4.90 Å². The van der Waals surface area contributed by atoms with Crippen molar-refractivity contribution in [1.82, 2.24) is 4.98 Å². The molecule has 0 unspecified atom stereocenters. The van der Waals surface area contributed by atoms with E-state index in [-0.39, 0.29) is 6.67 Å². The van der Waals surface area contributed by atoms with Crippen molar-refractivity contribution in [2.24, 2.45) is 0 Å². The normalized spacial score (nSPS) is 10.7. The first-order chi connectivity index (χ1) is 6.83.